The first kappa shape index (κ1) is 21.7. The number of amides is 1. The standard InChI is InChI=1S/C23H22N4O4/c1-16(23(30)27(15-7-14-24)17-8-3-2-4-9-17)31-21(28)13-12-20-25-19-11-6-5-10-18(19)22(29)26-20/h2-6,8-11,16H,7,12-13,15H2,1H3,(H,25,26,29)/t16-/m1/s1. The van der Waals surface area contributed by atoms with Crippen LogP contribution >= 0.6 is 0 Å². The van der Waals surface area contributed by atoms with Crippen molar-refractivity contribution >= 4 is 28.5 Å². The van der Waals surface area contributed by atoms with Crippen LogP contribution in [-0.2, 0) is 20.7 Å². The molecule has 0 saturated carbocycles. The van der Waals surface area contributed by atoms with E-state index in [0.717, 1.165) is 0 Å². The number of rotatable bonds is 8. The fourth-order valence-electron chi connectivity index (χ4n) is 3.14. The first-order valence-corrected chi connectivity index (χ1v) is 9.90. The highest BCUT2D eigenvalue weighted by molar-refractivity contribution is 5.97. The molecule has 1 aromatic heterocycles. The van der Waals surface area contributed by atoms with Gasteiger partial charge in [0.2, 0.25) is 0 Å². The van der Waals surface area contributed by atoms with E-state index in [2.05, 4.69) is 9.97 Å². The fourth-order valence-corrected chi connectivity index (χ4v) is 3.14. The second-order valence-electron chi connectivity index (χ2n) is 6.90. The molecule has 8 nitrogen and oxygen atoms in total. The van der Waals surface area contributed by atoms with Crippen molar-refractivity contribution in [2.45, 2.75) is 32.3 Å². The Hall–Kier alpha value is -3.99. The molecule has 8 heteroatoms. The highest BCUT2D eigenvalue weighted by atomic mass is 16.5. The van der Waals surface area contributed by atoms with Gasteiger partial charge in [0.05, 0.1) is 29.8 Å². The van der Waals surface area contributed by atoms with E-state index < -0.39 is 18.0 Å². The summed E-state index contributed by atoms with van der Waals surface area (Å²) >= 11 is 0. The molecule has 1 heterocycles. The minimum Gasteiger partial charge on any atom is -0.453 e. The molecule has 1 atom stereocenters. The van der Waals surface area contributed by atoms with Gasteiger partial charge in [-0.05, 0) is 31.2 Å². The number of ether oxygens (including phenoxy) is 1. The van der Waals surface area contributed by atoms with E-state index in [0.29, 0.717) is 22.4 Å². The number of carbonyl (C=O) groups is 2. The number of esters is 1. The molecule has 3 rings (SSSR count). The Kier molecular flexibility index (Phi) is 7.12. The largest absolute Gasteiger partial charge is 0.453 e. The van der Waals surface area contributed by atoms with Crippen LogP contribution < -0.4 is 10.5 Å². The Morgan fingerprint density at radius 2 is 1.87 bits per heavy atom. The van der Waals surface area contributed by atoms with Crippen LogP contribution in [0.3, 0.4) is 0 Å². The highest BCUT2D eigenvalue weighted by Gasteiger charge is 2.25. The van der Waals surface area contributed by atoms with Crippen LogP contribution in [-0.4, -0.2) is 34.5 Å². The number of hydrogen-bond acceptors (Lipinski definition) is 6. The molecule has 0 fully saturated rings. The van der Waals surface area contributed by atoms with Crippen molar-refractivity contribution in [1.82, 2.24) is 9.97 Å². The Labute approximate surface area is 179 Å². The maximum Gasteiger partial charge on any atom is 0.307 e. The van der Waals surface area contributed by atoms with Crippen LogP contribution in [0.25, 0.3) is 10.9 Å². The first-order valence-electron chi connectivity index (χ1n) is 9.90. The number of aryl methyl sites for hydroxylation is 1. The second-order valence-corrected chi connectivity index (χ2v) is 6.90. The molecule has 158 valence electrons. The molecular weight excluding hydrogens is 396 g/mol. The zero-order valence-electron chi connectivity index (χ0n) is 17.1. The molecule has 0 aliphatic rings. The summed E-state index contributed by atoms with van der Waals surface area (Å²) in [5.41, 5.74) is 0.909. The average Bonchev–Trinajstić information content (AvgIpc) is 2.78. The normalized spacial score (nSPS) is 11.5. The molecule has 1 amide bonds. The van der Waals surface area contributed by atoms with Crippen LogP contribution in [0.15, 0.2) is 59.4 Å². The number of benzene rings is 2. The van der Waals surface area contributed by atoms with Gasteiger partial charge in [-0.1, -0.05) is 30.3 Å². The third-order valence-corrected chi connectivity index (χ3v) is 4.66. The number of carbonyl (C=O) groups excluding carboxylic acids is 2. The van der Waals surface area contributed by atoms with E-state index in [1.54, 1.807) is 48.5 Å². The number of aromatic amines is 1. The maximum atomic E-state index is 12.8. The maximum absolute atomic E-state index is 12.8. The third-order valence-electron chi connectivity index (χ3n) is 4.66. The summed E-state index contributed by atoms with van der Waals surface area (Å²) < 4.78 is 5.30. The Morgan fingerprint density at radius 1 is 1.16 bits per heavy atom. The molecule has 0 aliphatic carbocycles. The smallest absolute Gasteiger partial charge is 0.307 e. The molecule has 0 spiro atoms. The zero-order chi connectivity index (χ0) is 22.2. The zero-order valence-corrected chi connectivity index (χ0v) is 17.1. The van der Waals surface area contributed by atoms with Crippen molar-refractivity contribution in [2.24, 2.45) is 0 Å². The van der Waals surface area contributed by atoms with Crippen molar-refractivity contribution in [3.8, 4) is 6.07 Å². The van der Waals surface area contributed by atoms with Crippen molar-refractivity contribution < 1.29 is 14.3 Å². The van der Waals surface area contributed by atoms with Crippen LogP contribution in [0.2, 0.25) is 0 Å². The van der Waals surface area contributed by atoms with E-state index in [9.17, 15) is 14.4 Å². The van der Waals surface area contributed by atoms with Crippen molar-refractivity contribution in [1.29, 1.82) is 5.26 Å². The van der Waals surface area contributed by atoms with Gasteiger partial charge in [-0.25, -0.2) is 4.98 Å². The number of para-hydroxylation sites is 2. The van der Waals surface area contributed by atoms with Gasteiger partial charge in [-0.15, -0.1) is 0 Å². The van der Waals surface area contributed by atoms with Crippen molar-refractivity contribution in [3.63, 3.8) is 0 Å². The minimum atomic E-state index is -1.02. The lowest BCUT2D eigenvalue weighted by molar-refractivity contribution is -0.153. The Balaban J connectivity index is 1.62. The number of H-pyrrole nitrogens is 1. The molecule has 0 unspecified atom stereocenters. The van der Waals surface area contributed by atoms with Gasteiger partial charge in [0.1, 0.15) is 5.82 Å². The predicted octanol–water partition coefficient (Wildman–Crippen LogP) is 2.73. The van der Waals surface area contributed by atoms with E-state index in [1.807, 2.05) is 12.1 Å². The molecular formula is C23H22N4O4. The van der Waals surface area contributed by atoms with Gasteiger partial charge in [0.25, 0.3) is 11.5 Å². The summed E-state index contributed by atoms with van der Waals surface area (Å²) in [6, 6.07) is 17.9. The monoisotopic (exact) mass is 418 g/mol. The van der Waals surface area contributed by atoms with Gasteiger partial charge in [-0.2, -0.15) is 5.26 Å². The summed E-state index contributed by atoms with van der Waals surface area (Å²) in [5, 5.41) is 9.37. The first-order chi connectivity index (χ1) is 15.0. The molecule has 0 aliphatic heterocycles. The predicted molar refractivity (Wildman–Crippen MR) is 115 cm³/mol. The summed E-state index contributed by atoms with van der Waals surface area (Å²) in [6.45, 7) is 1.70. The molecule has 31 heavy (non-hydrogen) atoms. The molecule has 3 aromatic rings. The number of nitriles is 1. The molecule has 1 N–H and O–H groups in total. The van der Waals surface area contributed by atoms with Gasteiger partial charge in [0, 0.05) is 18.7 Å². The SMILES string of the molecule is C[C@@H](OC(=O)CCc1nc2ccccc2c(=O)[nH]1)C(=O)N(CCC#N)c1ccccc1. The minimum absolute atomic E-state index is 0.0393. The number of aromatic nitrogens is 2. The summed E-state index contributed by atoms with van der Waals surface area (Å²) in [6.07, 6.45) is -0.725. The van der Waals surface area contributed by atoms with Gasteiger partial charge >= 0.3 is 5.97 Å². The molecule has 0 saturated heterocycles. The lowest BCUT2D eigenvalue weighted by Crippen LogP contribution is -2.40. The summed E-state index contributed by atoms with van der Waals surface area (Å²) in [7, 11) is 0. The van der Waals surface area contributed by atoms with E-state index in [1.165, 1.54) is 11.8 Å². The van der Waals surface area contributed by atoms with Crippen LogP contribution in [0.4, 0.5) is 5.69 Å². The summed E-state index contributed by atoms with van der Waals surface area (Å²) in [5.74, 6) is -0.614. The summed E-state index contributed by atoms with van der Waals surface area (Å²) in [4.78, 5) is 45.7. The van der Waals surface area contributed by atoms with Gasteiger partial charge < -0.3 is 14.6 Å². The third kappa shape index (κ3) is 5.54. The van der Waals surface area contributed by atoms with Gasteiger partial charge in [0.15, 0.2) is 6.10 Å². The average molecular weight is 418 g/mol. The number of nitrogens with one attached hydrogen (secondary N) is 1. The lowest BCUT2D eigenvalue weighted by Gasteiger charge is -2.25. The van der Waals surface area contributed by atoms with Crippen LogP contribution in [0, 0.1) is 11.3 Å². The lowest BCUT2D eigenvalue weighted by atomic mass is 10.2. The molecule has 2 aromatic carbocycles. The Morgan fingerprint density at radius 3 is 2.61 bits per heavy atom. The quantitative estimate of drug-likeness (QED) is 0.562. The van der Waals surface area contributed by atoms with E-state index >= 15 is 0 Å². The molecule has 0 bridgehead atoms. The van der Waals surface area contributed by atoms with Crippen LogP contribution in [0.1, 0.15) is 25.6 Å². The number of hydrogen-bond donors (Lipinski definition) is 1. The fraction of sp³-hybridized carbons (Fsp3) is 0.261. The van der Waals surface area contributed by atoms with Crippen LogP contribution in [0.5, 0.6) is 0 Å². The highest BCUT2D eigenvalue weighted by Crippen LogP contribution is 2.16. The number of fused-ring (bicyclic) bond motifs is 1. The Bertz CT molecular complexity index is 1170. The van der Waals surface area contributed by atoms with Crippen molar-refractivity contribution in [2.75, 3.05) is 11.4 Å². The second kappa shape index (κ2) is 10.2. The molecule has 0 radical (unpaired) electrons. The van der Waals surface area contributed by atoms with Crippen molar-refractivity contribution in [3.05, 3.63) is 70.8 Å². The van der Waals surface area contributed by atoms with E-state index in [-0.39, 0.29) is 31.4 Å². The van der Waals surface area contributed by atoms with E-state index in [4.69, 9.17) is 10.00 Å². The van der Waals surface area contributed by atoms with Gasteiger partial charge in [-0.3, -0.25) is 14.4 Å². The number of anilines is 1. The number of nitrogens with zero attached hydrogens (tertiary/aromatic N) is 3. The topological polar surface area (TPSA) is 116 Å².